The van der Waals surface area contributed by atoms with Crippen LogP contribution in [0.3, 0.4) is 0 Å². The van der Waals surface area contributed by atoms with Crippen LogP contribution in [0.15, 0.2) is 48.8 Å². The van der Waals surface area contributed by atoms with E-state index in [1.165, 1.54) is 11.1 Å². The van der Waals surface area contributed by atoms with Gasteiger partial charge in [-0.05, 0) is 55.3 Å². The molecule has 0 unspecified atom stereocenters. The number of aromatic amines is 1. The van der Waals surface area contributed by atoms with Crippen LogP contribution >= 0.6 is 24.8 Å². The summed E-state index contributed by atoms with van der Waals surface area (Å²) in [6.07, 6.45) is 3.58. The van der Waals surface area contributed by atoms with Crippen molar-refractivity contribution in [3.8, 4) is 0 Å². The van der Waals surface area contributed by atoms with Crippen molar-refractivity contribution in [2.24, 2.45) is 0 Å². The van der Waals surface area contributed by atoms with E-state index in [-0.39, 0.29) is 48.3 Å². The van der Waals surface area contributed by atoms with Crippen molar-refractivity contribution in [2.75, 3.05) is 20.2 Å². The number of rotatable bonds is 3. The molecule has 1 saturated heterocycles. The van der Waals surface area contributed by atoms with Crippen LogP contribution in [0.4, 0.5) is 0 Å². The molecule has 1 fully saturated rings. The summed E-state index contributed by atoms with van der Waals surface area (Å²) in [4.78, 5) is 20.4. The number of amides is 1. The van der Waals surface area contributed by atoms with Crippen molar-refractivity contribution < 1.29 is 9.53 Å². The Morgan fingerprint density at radius 2 is 1.93 bits per heavy atom. The summed E-state index contributed by atoms with van der Waals surface area (Å²) in [5.74, 6) is -0.0932. The topological polar surface area (TPSA) is 79.0 Å². The van der Waals surface area contributed by atoms with E-state index in [4.69, 9.17) is 4.74 Å². The molecule has 1 aliphatic carbocycles. The molecule has 1 aliphatic heterocycles. The Balaban J connectivity index is 0.00000128. The normalized spacial score (nSPS) is 21.5. The Hall–Kier alpha value is -2.12. The minimum Gasteiger partial charge on any atom is -0.378 e. The van der Waals surface area contributed by atoms with Crippen LogP contribution in [-0.2, 0) is 10.2 Å². The number of carbonyl (C=O) groups excluding carboxylic acids is 1. The van der Waals surface area contributed by atoms with Gasteiger partial charge in [0.05, 0.1) is 29.5 Å². The lowest BCUT2D eigenvalue weighted by Crippen LogP contribution is -2.49. The number of fused-ring (bicyclic) bond motifs is 3. The lowest BCUT2D eigenvalue weighted by Gasteiger charge is -2.40. The summed E-state index contributed by atoms with van der Waals surface area (Å²) in [6, 6.07) is 13.8. The Bertz CT molecular complexity index is 1030. The van der Waals surface area contributed by atoms with Crippen LogP contribution in [0.5, 0.6) is 0 Å². The monoisotopic (exact) mass is 448 g/mol. The number of halogens is 2. The fourth-order valence-corrected chi connectivity index (χ4v) is 5.10. The summed E-state index contributed by atoms with van der Waals surface area (Å²) in [5, 5.41) is 6.72. The van der Waals surface area contributed by atoms with Crippen LogP contribution in [0.2, 0.25) is 0 Å². The average Bonchev–Trinajstić information content (AvgIpc) is 3.30. The first-order valence-electron chi connectivity index (χ1n) is 9.80. The molecule has 3 N–H and O–H groups in total. The standard InChI is InChI=1S/C22H24N4O2.2ClH/c1-28-20-19(26-21(27)14-6-7-17-18(12-14)25-13-24-17)15-4-2-3-5-16(15)22(20)8-10-23-11-9-22;;/h2-7,12-13,19-20,23H,8-11H2,1H3,(H,24,25)(H,26,27);2*1H/t19-,20+;;/m1../s1. The van der Waals surface area contributed by atoms with E-state index < -0.39 is 0 Å². The van der Waals surface area contributed by atoms with Crippen molar-refractivity contribution in [1.82, 2.24) is 20.6 Å². The zero-order valence-corrected chi connectivity index (χ0v) is 18.3. The second-order valence-corrected chi connectivity index (χ2v) is 7.74. The van der Waals surface area contributed by atoms with Gasteiger partial charge in [0, 0.05) is 18.1 Å². The molecule has 5 rings (SSSR count). The molecule has 1 amide bonds. The van der Waals surface area contributed by atoms with Gasteiger partial charge in [0.1, 0.15) is 0 Å². The molecule has 2 atom stereocenters. The lowest BCUT2D eigenvalue weighted by atomic mass is 9.72. The third-order valence-corrected chi connectivity index (χ3v) is 6.40. The Morgan fingerprint density at radius 3 is 2.70 bits per heavy atom. The molecule has 1 aromatic heterocycles. The lowest BCUT2D eigenvalue weighted by molar-refractivity contribution is 0.00397. The average molecular weight is 449 g/mol. The zero-order chi connectivity index (χ0) is 19.1. The quantitative estimate of drug-likeness (QED) is 0.572. The fourth-order valence-electron chi connectivity index (χ4n) is 5.10. The Labute approximate surface area is 188 Å². The maximum Gasteiger partial charge on any atom is 0.251 e. The molecule has 6 nitrogen and oxygen atoms in total. The van der Waals surface area contributed by atoms with Gasteiger partial charge in [-0.1, -0.05) is 24.3 Å². The molecule has 0 radical (unpaired) electrons. The number of nitrogens with zero attached hydrogens (tertiary/aromatic N) is 1. The predicted molar refractivity (Wildman–Crippen MR) is 122 cm³/mol. The van der Waals surface area contributed by atoms with Crippen molar-refractivity contribution in [3.05, 3.63) is 65.5 Å². The van der Waals surface area contributed by atoms with Gasteiger partial charge in [0.2, 0.25) is 0 Å². The Kier molecular flexibility index (Phi) is 6.72. The second-order valence-electron chi connectivity index (χ2n) is 7.74. The molecule has 2 heterocycles. The highest BCUT2D eigenvalue weighted by molar-refractivity contribution is 5.97. The largest absolute Gasteiger partial charge is 0.378 e. The first kappa shape index (κ1) is 22.6. The van der Waals surface area contributed by atoms with E-state index >= 15 is 0 Å². The third kappa shape index (κ3) is 3.48. The minimum absolute atomic E-state index is 0. The number of ether oxygens (including phenoxy) is 1. The van der Waals surface area contributed by atoms with Gasteiger partial charge in [-0.3, -0.25) is 4.79 Å². The first-order valence-corrected chi connectivity index (χ1v) is 9.80. The Morgan fingerprint density at radius 1 is 1.17 bits per heavy atom. The van der Waals surface area contributed by atoms with E-state index in [0.29, 0.717) is 5.56 Å². The molecule has 30 heavy (non-hydrogen) atoms. The van der Waals surface area contributed by atoms with Crippen molar-refractivity contribution in [2.45, 2.75) is 30.4 Å². The molecular weight excluding hydrogens is 423 g/mol. The van der Waals surface area contributed by atoms with Crippen molar-refractivity contribution in [3.63, 3.8) is 0 Å². The number of hydrogen-bond acceptors (Lipinski definition) is 4. The van der Waals surface area contributed by atoms with E-state index in [9.17, 15) is 4.79 Å². The molecule has 0 bridgehead atoms. The predicted octanol–water partition coefficient (Wildman–Crippen LogP) is 3.53. The summed E-state index contributed by atoms with van der Waals surface area (Å²) < 4.78 is 6.04. The molecule has 1 spiro atoms. The second kappa shape index (κ2) is 8.94. The molecule has 3 aromatic rings. The maximum absolute atomic E-state index is 13.1. The number of H-pyrrole nitrogens is 1. The number of nitrogens with one attached hydrogen (secondary N) is 3. The van der Waals surface area contributed by atoms with Gasteiger partial charge in [-0.15, -0.1) is 24.8 Å². The number of benzene rings is 2. The highest BCUT2D eigenvalue weighted by Crippen LogP contribution is 2.51. The van der Waals surface area contributed by atoms with Gasteiger partial charge in [0.15, 0.2) is 0 Å². The SMILES string of the molecule is CO[C@H]1[C@H](NC(=O)c2ccc3nc[nH]c3c2)c2ccccc2C12CCNCC2.Cl.Cl. The number of methoxy groups -OCH3 is 1. The highest BCUT2D eigenvalue weighted by atomic mass is 35.5. The van der Waals surface area contributed by atoms with E-state index in [1.54, 1.807) is 13.4 Å². The van der Waals surface area contributed by atoms with Crippen LogP contribution in [0.25, 0.3) is 11.0 Å². The van der Waals surface area contributed by atoms with Crippen LogP contribution in [-0.4, -0.2) is 42.2 Å². The van der Waals surface area contributed by atoms with Gasteiger partial charge in [-0.2, -0.15) is 0 Å². The molecular formula is C22H26Cl2N4O2. The molecule has 0 saturated carbocycles. The van der Waals surface area contributed by atoms with E-state index in [0.717, 1.165) is 37.0 Å². The van der Waals surface area contributed by atoms with E-state index in [1.807, 2.05) is 24.3 Å². The number of hydrogen-bond donors (Lipinski definition) is 3. The zero-order valence-electron chi connectivity index (χ0n) is 16.7. The number of piperidine rings is 1. The number of imidazole rings is 1. The summed E-state index contributed by atoms with van der Waals surface area (Å²) >= 11 is 0. The first-order chi connectivity index (χ1) is 13.7. The van der Waals surface area contributed by atoms with Crippen LogP contribution < -0.4 is 10.6 Å². The highest BCUT2D eigenvalue weighted by Gasteiger charge is 2.53. The third-order valence-electron chi connectivity index (χ3n) is 6.40. The van der Waals surface area contributed by atoms with Crippen molar-refractivity contribution >= 4 is 41.8 Å². The summed E-state index contributed by atoms with van der Waals surface area (Å²) in [5.41, 5.74) is 4.77. The van der Waals surface area contributed by atoms with Crippen molar-refractivity contribution in [1.29, 1.82) is 0 Å². The van der Waals surface area contributed by atoms with Gasteiger partial charge < -0.3 is 20.4 Å². The summed E-state index contributed by atoms with van der Waals surface area (Å²) in [6.45, 7) is 1.93. The number of carbonyl (C=O) groups is 1. The van der Waals surface area contributed by atoms with Crippen LogP contribution in [0, 0.1) is 0 Å². The van der Waals surface area contributed by atoms with Gasteiger partial charge in [-0.25, -0.2) is 4.98 Å². The molecule has 2 aromatic carbocycles. The summed E-state index contributed by atoms with van der Waals surface area (Å²) in [7, 11) is 1.76. The maximum atomic E-state index is 13.1. The molecule has 2 aliphatic rings. The van der Waals surface area contributed by atoms with Crippen LogP contribution in [0.1, 0.15) is 40.4 Å². The molecule has 8 heteroatoms. The minimum atomic E-state index is -0.163. The van der Waals surface area contributed by atoms with Gasteiger partial charge in [0.25, 0.3) is 5.91 Å². The molecule has 160 valence electrons. The fraction of sp³-hybridized carbons (Fsp3) is 0.364. The number of aromatic nitrogens is 2. The smallest absolute Gasteiger partial charge is 0.251 e. The van der Waals surface area contributed by atoms with Gasteiger partial charge >= 0.3 is 0 Å². The van der Waals surface area contributed by atoms with E-state index in [2.05, 4.69) is 38.8 Å².